The van der Waals surface area contributed by atoms with Crippen molar-refractivity contribution in [2.45, 2.75) is 25.4 Å². The molecule has 0 saturated carbocycles. The molecule has 0 aliphatic carbocycles. The van der Waals surface area contributed by atoms with E-state index in [9.17, 15) is 4.79 Å². The van der Waals surface area contributed by atoms with Gasteiger partial charge in [-0.15, -0.1) is 0 Å². The third kappa shape index (κ3) is 4.05. The van der Waals surface area contributed by atoms with Crippen LogP contribution in [0.25, 0.3) is 0 Å². The summed E-state index contributed by atoms with van der Waals surface area (Å²) in [5.74, 6) is 0.436. The van der Waals surface area contributed by atoms with Crippen molar-refractivity contribution in [2.75, 3.05) is 26.2 Å². The lowest BCUT2D eigenvalue weighted by Gasteiger charge is -2.34. The molecular weight excluding hydrogens is 330 g/mol. The van der Waals surface area contributed by atoms with E-state index < -0.39 is 0 Å². The fourth-order valence-corrected chi connectivity index (χ4v) is 3.14. The second-order valence-corrected chi connectivity index (χ2v) is 6.96. The highest BCUT2D eigenvalue weighted by Crippen LogP contribution is 2.16. The largest absolute Gasteiger partial charge is 0.353 e. The lowest BCUT2D eigenvalue weighted by molar-refractivity contribution is -0.127. The number of hydrogen-bond donors (Lipinski definition) is 2. The van der Waals surface area contributed by atoms with Crippen molar-refractivity contribution in [2.24, 2.45) is 5.92 Å². The SMILES string of the molecule is O=C(NC1CCN(Cc2ccc(Br)cc2)CC1)C1CNC1. The normalized spacial score (nSPS) is 21.0. The third-order valence-electron chi connectivity index (χ3n) is 4.41. The number of amides is 1. The van der Waals surface area contributed by atoms with Gasteiger partial charge in [0.25, 0.3) is 0 Å². The van der Waals surface area contributed by atoms with E-state index in [2.05, 4.69) is 55.7 Å². The Morgan fingerprint density at radius 2 is 1.90 bits per heavy atom. The lowest BCUT2D eigenvalue weighted by Crippen LogP contribution is -2.54. The van der Waals surface area contributed by atoms with Crippen LogP contribution in [0.15, 0.2) is 28.7 Å². The van der Waals surface area contributed by atoms with Crippen LogP contribution in [0.4, 0.5) is 0 Å². The third-order valence-corrected chi connectivity index (χ3v) is 4.93. The van der Waals surface area contributed by atoms with Crippen LogP contribution in [0.1, 0.15) is 18.4 Å². The molecule has 0 bridgehead atoms. The van der Waals surface area contributed by atoms with E-state index >= 15 is 0 Å². The van der Waals surface area contributed by atoms with E-state index in [0.29, 0.717) is 6.04 Å². The molecule has 0 atom stereocenters. The first-order valence-corrected chi connectivity index (χ1v) is 8.48. The number of halogens is 1. The van der Waals surface area contributed by atoms with Crippen LogP contribution in [0.3, 0.4) is 0 Å². The van der Waals surface area contributed by atoms with Crippen LogP contribution < -0.4 is 10.6 Å². The minimum atomic E-state index is 0.200. The number of piperidine rings is 1. The van der Waals surface area contributed by atoms with Gasteiger partial charge in [0.05, 0.1) is 5.92 Å². The maximum Gasteiger partial charge on any atom is 0.225 e. The second kappa shape index (κ2) is 6.90. The zero-order valence-corrected chi connectivity index (χ0v) is 13.7. The van der Waals surface area contributed by atoms with Crippen LogP contribution in [0.5, 0.6) is 0 Å². The van der Waals surface area contributed by atoms with E-state index in [1.807, 2.05) is 0 Å². The Morgan fingerprint density at radius 1 is 1.24 bits per heavy atom. The zero-order valence-electron chi connectivity index (χ0n) is 12.1. The molecule has 2 saturated heterocycles. The Kier molecular flexibility index (Phi) is 4.93. The van der Waals surface area contributed by atoms with Crippen molar-refractivity contribution >= 4 is 21.8 Å². The summed E-state index contributed by atoms with van der Waals surface area (Å²) in [4.78, 5) is 14.4. The molecule has 2 heterocycles. The molecule has 1 aromatic carbocycles. The summed E-state index contributed by atoms with van der Waals surface area (Å²) in [7, 11) is 0. The number of rotatable bonds is 4. The Labute approximate surface area is 134 Å². The first kappa shape index (κ1) is 15.0. The molecule has 5 heteroatoms. The molecule has 4 nitrogen and oxygen atoms in total. The Morgan fingerprint density at radius 3 is 2.48 bits per heavy atom. The molecule has 3 rings (SSSR count). The number of hydrogen-bond acceptors (Lipinski definition) is 3. The molecule has 2 aliphatic rings. The predicted molar refractivity (Wildman–Crippen MR) is 86.9 cm³/mol. The van der Waals surface area contributed by atoms with Crippen LogP contribution in [0, 0.1) is 5.92 Å². The highest BCUT2D eigenvalue weighted by molar-refractivity contribution is 9.10. The van der Waals surface area contributed by atoms with E-state index in [1.54, 1.807) is 0 Å². The predicted octanol–water partition coefficient (Wildman–Crippen LogP) is 1.75. The van der Waals surface area contributed by atoms with Gasteiger partial charge in [-0.25, -0.2) is 0 Å². The van der Waals surface area contributed by atoms with Crippen molar-refractivity contribution in [3.63, 3.8) is 0 Å². The molecule has 2 N–H and O–H groups in total. The highest BCUT2D eigenvalue weighted by atomic mass is 79.9. The van der Waals surface area contributed by atoms with Crippen molar-refractivity contribution in [1.29, 1.82) is 0 Å². The summed E-state index contributed by atoms with van der Waals surface area (Å²) >= 11 is 3.47. The maximum absolute atomic E-state index is 11.9. The minimum absolute atomic E-state index is 0.200. The number of carbonyl (C=O) groups is 1. The van der Waals surface area contributed by atoms with Gasteiger partial charge in [0.15, 0.2) is 0 Å². The number of nitrogens with one attached hydrogen (secondary N) is 2. The average molecular weight is 352 g/mol. The summed E-state index contributed by atoms with van der Waals surface area (Å²) in [5, 5.41) is 6.35. The quantitative estimate of drug-likeness (QED) is 0.868. The molecule has 0 aromatic heterocycles. The molecule has 21 heavy (non-hydrogen) atoms. The molecule has 0 spiro atoms. The standard InChI is InChI=1S/C16H22BrN3O/c17-14-3-1-12(2-4-14)11-20-7-5-15(6-8-20)19-16(21)13-9-18-10-13/h1-4,13,15,18H,5-11H2,(H,19,21). The van der Waals surface area contributed by atoms with Crippen LogP contribution in [-0.2, 0) is 11.3 Å². The van der Waals surface area contributed by atoms with Crippen LogP contribution >= 0.6 is 15.9 Å². The van der Waals surface area contributed by atoms with E-state index in [4.69, 9.17) is 0 Å². The van der Waals surface area contributed by atoms with Crippen molar-refractivity contribution in [3.05, 3.63) is 34.3 Å². The first-order chi connectivity index (χ1) is 10.2. The number of carbonyl (C=O) groups excluding carboxylic acids is 1. The molecule has 1 amide bonds. The summed E-state index contributed by atoms with van der Waals surface area (Å²) in [6.07, 6.45) is 2.12. The fourth-order valence-electron chi connectivity index (χ4n) is 2.88. The average Bonchev–Trinajstić information content (AvgIpc) is 2.41. The summed E-state index contributed by atoms with van der Waals surface area (Å²) in [6, 6.07) is 8.88. The van der Waals surface area contributed by atoms with E-state index in [-0.39, 0.29) is 11.8 Å². The summed E-state index contributed by atoms with van der Waals surface area (Å²) < 4.78 is 1.12. The Hall–Kier alpha value is -0.910. The molecule has 2 aliphatic heterocycles. The summed E-state index contributed by atoms with van der Waals surface area (Å²) in [6.45, 7) is 4.80. The van der Waals surface area contributed by atoms with Gasteiger partial charge in [-0.1, -0.05) is 28.1 Å². The molecule has 0 unspecified atom stereocenters. The van der Waals surface area contributed by atoms with Crippen molar-refractivity contribution in [1.82, 2.24) is 15.5 Å². The van der Waals surface area contributed by atoms with Gasteiger partial charge in [-0.3, -0.25) is 9.69 Å². The molecular formula is C16H22BrN3O. The smallest absolute Gasteiger partial charge is 0.225 e. The number of nitrogens with zero attached hydrogens (tertiary/aromatic N) is 1. The summed E-state index contributed by atoms with van der Waals surface area (Å²) in [5.41, 5.74) is 1.35. The van der Waals surface area contributed by atoms with E-state index in [0.717, 1.165) is 50.0 Å². The number of likely N-dealkylation sites (tertiary alicyclic amines) is 1. The lowest BCUT2D eigenvalue weighted by atomic mass is 9.99. The fraction of sp³-hybridized carbons (Fsp3) is 0.562. The van der Waals surface area contributed by atoms with Crippen LogP contribution in [-0.4, -0.2) is 43.0 Å². The Bertz CT molecular complexity index is 479. The van der Waals surface area contributed by atoms with Gasteiger partial charge in [-0.2, -0.15) is 0 Å². The minimum Gasteiger partial charge on any atom is -0.353 e. The highest BCUT2D eigenvalue weighted by Gasteiger charge is 2.28. The van der Waals surface area contributed by atoms with Crippen molar-refractivity contribution in [3.8, 4) is 0 Å². The maximum atomic E-state index is 11.9. The Balaban J connectivity index is 1.42. The van der Waals surface area contributed by atoms with Gasteiger partial charge >= 0.3 is 0 Å². The van der Waals surface area contributed by atoms with Gasteiger partial charge < -0.3 is 10.6 Å². The van der Waals surface area contributed by atoms with E-state index in [1.165, 1.54) is 5.56 Å². The van der Waals surface area contributed by atoms with Gasteiger partial charge in [0, 0.05) is 43.2 Å². The topological polar surface area (TPSA) is 44.4 Å². The molecule has 114 valence electrons. The number of benzene rings is 1. The molecule has 2 fully saturated rings. The molecule has 1 aromatic rings. The van der Waals surface area contributed by atoms with Gasteiger partial charge in [-0.05, 0) is 30.5 Å². The monoisotopic (exact) mass is 351 g/mol. The second-order valence-electron chi connectivity index (χ2n) is 6.04. The van der Waals surface area contributed by atoms with Crippen molar-refractivity contribution < 1.29 is 4.79 Å². The zero-order chi connectivity index (χ0) is 14.7. The van der Waals surface area contributed by atoms with Gasteiger partial charge in [0.1, 0.15) is 0 Å². The molecule has 0 radical (unpaired) electrons. The van der Waals surface area contributed by atoms with Crippen LogP contribution in [0.2, 0.25) is 0 Å². The van der Waals surface area contributed by atoms with Gasteiger partial charge in [0.2, 0.25) is 5.91 Å². The first-order valence-electron chi connectivity index (χ1n) is 7.68.